The van der Waals surface area contributed by atoms with E-state index >= 15 is 0 Å². The van der Waals surface area contributed by atoms with Crippen molar-refractivity contribution in [2.24, 2.45) is 0 Å². The first-order chi connectivity index (χ1) is 9.72. The Morgan fingerprint density at radius 3 is 2.80 bits per heavy atom. The van der Waals surface area contributed by atoms with Gasteiger partial charge >= 0.3 is 0 Å². The molecule has 3 heteroatoms. The number of rotatable bonds is 0. The Hall–Kier alpha value is -1.87. The summed E-state index contributed by atoms with van der Waals surface area (Å²) in [6.45, 7) is 0. The van der Waals surface area contributed by atoms with Crippen LogP contribution in [-0.4, -0.2) is 10.8 Å². The summed E-state index contributed by atoms with van der Waals surface area (Å²) < 4.78 is 1.04. The van der Waals surface area contributed by atoms with Crippen LogP contribution in [0, 0.1) is 0 Å². The Bertz CT molecular complexity index is 847. The van der Waals surface area contributed by atoms with Crippen molar-refractivity contribution < 1.29 is 4.79 Å². The van der Waals surface area contributed by atoms with E-state index in [9.17, 15) is 4.79 Å². The highest BCUT2D eigenvalue weighted by molar-refractivity contribution is 9.10. The molecule has 98 valence electrons. The molecular weight excluding hydrogens is 314 g/mol. The third-order valence-electron chi connectivity index (χ3n) is 3.92. The molecule has 1 aromatic heterocycles. The van der Waals surface area contributed by atoms with Gasteiger partial charge in [0.25, 0.3) is 0 Å². The van der Waals surface area contributed by atoms with Crippen LogP contribution in [0.15, 0.2) is 46.9 Å². The largest absolute Gasteiger partial charge is 0.354 e. The quantitative estimate of drug-likeness (QED) is 0.658. The number of nitrogens with one attached hydrogen (secondary N) is 1. The monoisotopic (exact) mass is 325 g/mol. The maximum atomic E-state index is 12.2. The van der Waals surface area contributed by atoms with Crippen LogP contribution in [0.4, 0.5) is 0 Å². The smallest absolute Gasteiger partial charge is 0.141 e. The highest BCUT2D eigenvalue weighted by atomic mass is 79.9. The van der Waals surface area contributed by atoms with Gasteiger partial charge in [0, 0.05) is 33.8 Å². The van der Waals surface area contributed by atoms with Crippen LogP contribution >= 0.6 is 15.9 Å². The second-order valence-electron chi connectivity index (χ2n) is 5.22. The van der Waals surface area contributed by atoms with Crippen LogP contribution in [0.5, 0.6) is 0 Å². The van der Waals surface area contributed by atoms with Crippen LogP contribution in [0.3, 0.4) is 0 Å². The first kappa shape index (κ1) is 11.9. The van der Waals surface area contributed by atoms with Gasteiger partial charge in [-0.2, -0.15) is 0 Å². The molecule has 2 nitrogen and oxygen atoms in total. The second-order valence-corrected chi connectivity index (χ2v) is 6.13. The van der Waals surface area contributed by atoms with Crippen LogP contribution in [0.1, 0.15) is 11.1 Å². The van der Waals surface area contributed by atoms with E-state index in [2.05, 4.69) is 39.1 Å². The van der Waals surface area contributed by atoms with Crippen molar-refractivity contribution in [2.75, 3.05) is 0 Å². The predicted octanol–water partition coefficient (Wildman–Crippen LogP) is 4.27. The maximum Gasteiger partial charge on any atom is 0.141 e. The summed E-state index contributed by atoms with van der Waals surface area (Å²) in [4.78, 5) is 15.7. The van der Waals surface area contributed by atoms with E-state index in [1.807, 2.05) is 24.3 Å². The topological polar surface area (TPSA) is 32.9 Å². The van der Waals surface area contributed by atoms with E-state index in [-0.39, 0.29) is 5.78 Å². The predicted molar refractivity (Wildman–Crippen MR) is 83.8 cm³/mol. The van der Waals surface area contributed by atoms with Gasteiger partial charge in [0.05, 0.1) is 5.69 Å². The van der Waals surface area contributed by atoms with E-state index in [0.29, 0.717) is 12.8 Å². The molecule has 0 saturated carbocycles. The lowest BCUT2D eigenvalue weighted by molar-refractivity contribution is -0.117. The van der Waals surface area contributed by atoms with Gasteiger partial charge < -0.3 is 4.98 Å². The van der Waals surface area contributed by atoms with Crippen LogP contribution < -0.4 is 0 Å². The number of hydrogen-bond donors (Lipinski definition) is 1. The van der Waals surface area contributed by atoms with Gasteiger partial charge in [-0.15, -0.1) is 0 Å². The number of ketones is 1. The van der Waals surface area contributed by atoms with Gasteiger partial charge in [0.15, 0.2) is 0 Å². The molecular formula is C17H12BrNO. The van der Waals surface area contributed by atoms with Crippen molar-refractivity contribution in [3.8, 4) is 11.3 Å². The molecule has 0 amide bonds. The van der Waals surface area contributed by atoms with Gasteiger partial charge in [-0.05, 0) is 29.3 Å². The van der Waals surface area contributed by atoms with Crippen LogP contribution in [0.25, 0.3) is 22.2 Å². The Kier molecular flexibility index (Phi) is 2.57. The molecule has 1 aliphatic carbocycles. The number of aromatic amines is 1. The molecule has 0 spiro atoms. The van der Waals surface area contributed by atoms with E-state index < -0.39 is 0 Å². The summed E-state index contributed by atoms with van der Waals surface area (Å²) >= 11 is 3.51. The molecule has 4 rings (SSSR count). The number of carbonyl (C=O) groups is 1. The number of halogens is 1. The third-order valence-corrected chi connectivity index (χ3v) is 4.41. The number of fused-ring (bicyclic) bond motifs is 5. The Labute approximate surface area is 124 Å². The summed E-state index contributed by atoms with van der Waals surface area (Å²) in [5.41, 5.74) is 5.57. The van der Waals surface area contributed by atoms with E-state index in [1.165, 1.54) is 0 Å². The van der Waals surface area contributed by atoms with Crippen molar-refractivity contribution in [1.29, 1.82) is 0 Å². The molecule has 0 bridgehead atoms. The number of Topliss-reactive ketones (excluding diaryl/α,β-unsaturated/α-hetero) is 1. The Morgan fingerprint density at radius 1 is 1.05 bits per heavy atom. The minimum Gasteiger partial charge on any atom is -0.354 e. The van der Waals surface area contributed by atoms with Crippen LogP contribution in [0.2, 0.25) is 0 Å². The molecule has 0 saturated heterocycles. The minimum absolute atomic E-state index is 0.275. The fourth-order valence-electron chi connectivity index (χ4n) is 3.02. The first-order valence-electron chi connectivity index (χ1n) is 6.62. The number of hydrogen-bond acceptors (Lipinski definition) is 1. The number of aromatic nitrogens is 1. The van der Waals surface area contributed by atoms with E-state index in [1.54, 1.807) is 0 Å². The molecule has 1 N–H and O–H groups in total. The normalized spacial score (nSPS) is 13.9. The number of H-pyrrole nitrogens is 1. The van der Waals surface area contributed by atoms with Crippen molar-refractivity contribution in [1.82, 2.24) is 4.98 Å². The van der Waals surface area contributed by atoms with Gasteiger partial charge in [-0.3, -0.25) is 4.79 Å². The summed E-state index contributed by atoms with van der Waals surface area (Å²) in [5.74, 6) is 0.275. The summed E-state index contributed by atoms with van der Waals surface area (Å²) in [5, 5.41) is 1.14. The SMILES string of the molecule is O=C1Cc2ccccc2-c2[nH]c3ccc(Br)cc3c2C1. The van der Waals surface area contributed by atoms with E-state index in [4.69, 9.17) is 0 Å². The molecule has 0 aliphatic heterocycles. The fraction of sp³-hybridized carbons (Fsp3) is 0.118. The molecule has 0 fully saturated rings. The average Bonchev–Trinajstić information content (AvgIpc) is 2.70. The Morgan fingerprint density at radius 2 is 1.90 bits per heavy atom. The molecule has 1 aliphatic rings. The second kappa shape index (κ2) is 4.32. The molecule has 0 unspecified atom stereocenters. The first-order valence-corrected chi connectivity index (χ1v) is 7.42. The zero-order valence-corrected chi connectivity index (χ0v) is 12.3. The maximum absolute atomic E-state index is 12.2. The standard InChI is InChI=1S/C17H12BrNO/c18-11-5-6-16-14(8-11)15-9-12(20)7-10-3-1-2-4-13(10)17(15)19-16/h1-6,8,19H,7,9H2. The Balaban J connectivity index is 2.10. The molecule has 1 heterocycles. The molecule has 20 heavy (non-hydrogen) atoms. The summed E-state index contributed by atoms with van der Waals surface area (Å²) in [6, 6.07) is 14.3. The zero-order chi connectivity index (χ0) is 13.7. The average molecular weight is 326 g/mol. The summed E-state index contributed by atoms with van der Waals surface area (Å²) in [7, 11) is 0. The zero-order valence-electron chi connectivity index (χ0n) is 10.7. The highest BCUT2D eigenvalue weighted by Crippen LogP contribution is 2.36. The summed E-state index contributed by atoms with van der Waals surface area (Å²) in [6.07, 6.45) is 1.02. The molecule has 0 radical (unpaired) electrons. The van der Waals surface area contributed by atoms with Crippen molar-refractivity contribution in [3.63, 3.8) is 0 Å². The third kappa shape index (κ3) is 1.74. The highest BCUT2D eigenvalue weighted by Gasteiger charge is 2.22. The lowest BCUT2D eigenvalue weighted by Gasteiger charge is -2.04. The molecule has 0 atom stereocenters. The lowest BCUT2D eigenvalue weighted by atomic mass is 10.0. The molecule has 3 aromatic rings. The van der Waals surface area contributed by atoms with Gasteiger partial charge in [-0.25, -0.2) is 0 Å². The van der Waals surface area contributed by atoms with Gasteiger partial charge in [0.2, 0.25) is 0 Å². The number of carbonyl (C=O) groups excluding carboxylic acids is 1. The van der Waals surface area contributed by atoms with Crippen LogP contribution in [-0.2, 0) is 17.6 Å². The molecule has 2 aromatic carbocycles. The van der Waals surface area contributed by atoms with Crippen molar-refractivity contribution in [3.05, 3.63) is 58.1 Å². The van der Waals surface area contributed by atoms with Crippen molar-refractivity contribution in [2.45, 2.75) is 12.8 Å². The lowest BCUT2D eigenvalue weighted by Crippen LogP contribution is -2.03. The minimum atomic E-state index is 0.275. The van der Waals surface area contributed by atoms with Crippen molar-refractivity contribution >= 4 is 32.6 Å². The van der Waals surface area contributed by atoms with E-state index in [0.717, 1.165) is 37.8 Å². The number of benzene rings is 2. The van der Waals surface area contributed by atoms with Gasteiger partial charge in [0.1, 0.15) is 5.78 Å². The fourth-order valence-corrected chi connectivity index (χ4v) is 3.38. The van der Waals surface area contributed by atoms with Gasteiger partial charge in [-0.1, -0.05) is 40.2 Å².